The van der Waals surface area contributed by atoms with Gasteiger partial charge in [-0.05, 0) is 32.0 Å². The van der Waals surface area contributed by atoms with Crippen LogP contribution in [0.25, 0.3) is 0 Å². The fourth-order valence-corrected chi connectivity index (χ4v) is 3.64. The average molecular weight is 298 g/mol. The topological polar surface area (TPSA) is 118 Å². The zero-order valence-electron chi connectivity index (χ0n) is 11.0. The quantitative estimate of drug-likeness (QED) is 0.786. The van der Waals surface area contributed by atoms with Crippen LogP contribution in [0.5, 0.6) is 0 Å². The van der Waals surface area contributed by atoms with Crippen LogP contribution in [0, 0.1) is 5.41 Å². The summed E-state index contributed by atoms with van der Waals surface area (Å²) in [5.74, 6) is -1.91. The number of nitrogens with zero attached hydrogens (tertiary/aromatic N) is 1. The van der Waals surface area contributed by atoms with E-state index in [4.69, 9.17) is 10.8 Å². The Kier molecular flexibility index (Phi) is 3.01. The minimum atomic E-state index is -4.04. The standard InChI is InChI=1S/C12H14N2O5S/c1-12(2,11(16)17)6-14-10(15)8-4-3-7(13)5-9(8)20(14,18)19/h3-5H,6,13H2,1-2H3,(H,16,17). The Labute approximate surface area is 116 Å². The maximum absolute atomic E-state index is 12.3. The van der Waals surface area contributed by atoms with E-state index in [1.165, 1.54) is 32.0 Å². The maximum Gasteiger partial charge on any atom is 0.310 e. The molecule has 0 spiro atoms. The molecule has 0 unspecified atom stereocenters. The van der Waals surface area contributed by atoms with E-state index in [0.717, 1.165) is 0 Å². The van der Waals surface area contributed by atoms with E-state index in [0.29, 0.717) is 4.31 Å². The van der Waals surface area contributed by atoms with Crippen LogP contribution in [0.15, 0.2) is 23.1 Å². The van der Waals surface area contributed by atoms with E-state index >= 15 is 0 Å². The van der Waals surface area contributed by atoms with Crippen molar-refractivity contribution in [1.29, 1.82) is 0 Å². The summed E-state index contributed by atoms with van der Waals surface area (Å²) in [4.78, 5) is 23.1. The van der Waals surface area contributed by atoms with Gasteiger partial charge >= 0.3 is 5.97 Å². The lowest BCUT2D eigenvalue weighted by molar-refractivity contribution is -0.147. The molecule has 1 aromatic carbocycles. The molecule has 108 valence electrons. The summed E-state index contributed by atoms with van der Waals surface area (Å²) in [5, 5.41) is 9.07. The van der Waals surface area contributed by atoms with Crippen molar-refractivity contribution in [1.82, 2.24) is 4.31 Å². The first kappa shape index (κ1) is 14.3. The highest BCUT2D eigenvalue weighted by atomic mass is 32.2. The number of rotatable bonds is 3. The number of carboxylic acids is 1. The Morgan fingerprint density at radius 2 is 2.00 bits per heavy atom. The average Bonchev–Trinajstić information content (AvgIpc) is 2.50. The van der Waals surface area contributed by atoms with Crippen LogP contribution in [0.2, 0.25) is 0 Å². The molecule has 0 saturated carbocycles. The first-order valence-electron chi connectivity index (χ1n) is 5.77. The van der Waals surface area contributed by atoms with Gasteiger partial charge in [-0.1, -0.05) is 0 Å². The zero-order chi connectivity index (χ0) is 15.3. The highest BCUT2D eigenvalue weighted by Crippen LogP contribution is 2.34. The summed E-state index contributed by atoms with van der Waals surface area (Å²) in [5.41, 5.74) is 4.39. The van der Waals surface area contributed by atoms with Crippen molar-refractivity contribution < 1.29 is 23.1 Å². The van der Waals surface area contributed by atoms with Crippen molar-refractivity contribution in [3.8, 4) is 0 Å². The van der Waals surface area contributed by atoms with Crippen LogP contribution in [0.3, 0.4) is 0 Å². The molecule has 0 bridgehead atoms. The number of fused-ring (bicyclic) bond motifs is 1. The number of hydrogen-bond donors (Lipinski definition) is 2. The van der Waals surface area contributed by atoms with Gasteiger partial charge in [0.2, 0.25) is 0 Å². The number of anilines is 1. The van der Waals surface area contributed by atoms with Crippen molar-refractivity contribution in [2.75, 3.05) is 12.3 Å². The second-order valence-corrected chi connectivity index (χ2v) is 7.09. The number of aliphatic carboxylic acids is 1. The summed E-state index contributed by atoms with van der Waals surface area (Å²) < 4.78 is 25.2. The molecule has 20 heavy (non-hydrogen) atoms. The van der Waals surface area contributed by atoms with Gasteiger partial charge in [0.15, 0.2) is 0 Å². The van der Waals surface area contributed by atoms with Crippen LogP contribution in [0.1, 0.15) is 24.2 Å². The Morgan fingerprint density at radius 1 is 1.40 bits per heavy atom. The van der Waals surface area contributed by atoms with Gasteiger partial charge in [0.05, 0.1) is 17.5 Å². The van der Waals surface area contributed by atoms with Gasteiger partial charge in [-0.2, -0.15) is 0 Å². The third-order valence-electron chi connectivity index (χ3n) is 3.15. The number of hydrogen-bond acceptors (Lipinski definition) is 5. The molecule has 2 rings (SSSR count). The molecule has 0 aliphatic carbocycles. The first-order chi connectivity index (χ1) is 9.07. The minimum absolute atomic E-state index is 0.0142. The predicted molar refractivity (Wildman–Crippen MR) is 70.5 cm³/mol. The number of carbonyl (C=O) groups excluding carboxylic acids is 1. The lowest BCUT2D eigenvalue weighted by atomic mass is 9.94. The zero-order valence-corrected chi connectivity index (χ0v) is 11.8. The van der Waals surface area contributed by atoms with Crippen LogP contribution in [-0.2, 0) is 14.8 Å². The van der Waals surface area contributed by atoms with Gasteiger partial charge in [-0.3, -0.25) is 9.59 Å². The SMILES string of the molecule is CC(C)(CN1C(=O)c2ccc(N)cc2S1(=O)=O)C(=O)O. The molecule has 7 nitrogen and oxygen atoms in total. The van der Waals surface area contributed by atoms with Crippen molar-refractivity contribution in [3.05, 3.63) is 23.8 Å². The number of nitrogens with two attached hydrogens (primary N) is 1. The molecule has 1 amide bonds. The Hall–Kier alpha value is -2.09. The van der Waals surface area contributed by atoms with Crippen LogP contribution in [-0.4, -0.2) is 36.3 Å². The third kappa shape index (κ3) is 2.01. The molecule has 1 heterocycles. The van der Waals surface area contributed by atoms with Gasteiger partial charge in [-0.15, -0.1) is 0 Å². The number of sulfonamides is 1. The molecule has 0 radical (unpaired) electrons. The maximum atomic E-state index is 12.3. The Bertz CT molecular complexity index is 709. The fraction of sp³-hybridized carbons (Fsp3) is 0.333. The summed E-state index contributed by atoms with van der Waals surface area (Å²) in [6, 6.07) is 3.97. The lowest BCUT2D eigenvalue weighted by Crippen LogP contribution is -2.42. The second kappa shape index (κ2) is 4.20. The van der Waals surface area contributed by atoms with E-state index in [2.05, 4.69) is 0 Å². The van der Waals surface area contributed by atoms with E-state index in [-0.39, 0.29) is 16.1 Å². The smallest absolute Gasteiger partial charge is 0.310 e. The monoisotopic (exact) mass is 298 g/mol. The lowest BCUT2D eigenvalue weighted by Gasteiger charge is -2.25. The number of carboxylic acid groups (broad SMARTS) is 1. The van der Waals surface area contributed by atoms with E-state index < -0.39 is 33.9 Å². The normalized spacial score (nSPS) is 17.1. The third-order valence-corrected chi connectivity index (χ3v) is 4.92. The van der Waals surface area contributed by atoms with Gasteiger partial charge in [0, 0.05) is 5.69 Å². The Morgan fingerprint density at radius 3 is 2.55 bits per heavy atom. The number of benzene rings is 1. The fourth-order valence-electron chi connectivity index (χ4n) is 1.87. The highest BCUT2D eigenvalue weighted by Gasteiger charge is 2.45. The van der Waals surface area contributed by atoms with Crippen LogP contribution >= 0.6 is 0 Å². The molecular weight excluding hydrogens is 284 g/mol. The molecular formula is C12H14N2O5S. The molecule has 0 aromatic heterocycles. The molecule has 3 N–H and O–H groups in total. The minimum Gasteiger partial charge on any atom is -0.481 e. The highest BCUT2D eigenvalue weighted by molar-refractivity contribution is 7.90. The van der Waals surface area contributed by atoms with E-state index in [1.807, 2.05) is 0 Å². The first-order valence-corrected chi connectivity index (χ1v) is 7.21. The Balaban J connectivity index is 2.50. The molecule has 1 aromatic rings. The summed E-state index contributed by atoms with van der Waals surface area (Å²) >= 11 is 0. The largest absolute Gasteiger partial charge is 0.481 e. The molecule has 0 atom stereocenters. The molecule has 1 aliphatic rings. The van der Waals surface area contributed by atoms with Gasteiger partial charge in [0.1, 0.15) is 4.90 Å². The van der Waals surface area contributed by atoms with Gasteiger partial charge in [-0.25, -0.2) is 12.7 Å². The molecule has 1 aliphatic heterocycles. The summed E-state index contributed by atoms with van der Waals surface area (Å²) in [7, 11) is -4.04. The van der Waals surface area contributed by atoms with Crippen molar-refractivity contribution in [3.63, 3.8) is 0 Å². The van der Waals surface area contributed by atoms with Crippen molar-refractivity contribution >= 4 is 27.6 Å². The number of carbonyl (C=O) groups is 2. The van der Waals surface area contributed by atoms with Crippen LogP contribution < -0.4 is 5.73 Å². The summed E-state index contributed by atoms with van der Waals surface area (Å²) in [6.07, 6.45) is 0. The predicted octanol–water partition coefficient (Wildman–Crippen LogP) is 0.524. The molecule has 0 saturated heterocycles. The number of nitrogen functional groups attached to an aromatic ring is 1. The number of amides is 1. The van der Waals surface area contributed by atoms with E-state index in [1.54, 1.807) is 0 Å². The van der Waals surface area contributed by atoms with Gasteiger partial charge < -0.3 is 10.8 Å². The second-order valence-electron chi connectivity index (χ2n) is 5.26. The van der Waals surface area contributed by atoms with E-state index in [9.17, 15) is 18.0 Å². The van der Waals surface area contributed by atoms with Crippen LogP contribution in [0.4, 0.5) is 5.69 Å². The molecule has 0 fully saturated rings. The van der Waals surface area contributed by atoms with Crippen molar-refractivity contribution in [2.45, 2.75) is 18.7 Å². The van der Waals surface area contributed by atoms with Gasteiger partial charge in [0.25, 0.3) is 15.9 Å². The molecule has 8 heteroatoms. The van der Waals surface area contributed by atoms with Crippen molar-refractivity contribution in [2.24, 2.45) is 5.41 Å². The summed E-state index contributed by atoms with van der Waals surface area (Å²) in [6.45, 7) is 2.28.